The summed E-state index contributed by atoms with van der Waals surface area (Å²) in [7, 11) is 0. The summed E-state index contributed by atoms with van der Waals surface area (Å²) in [4.78, 5) is 10.0. The van der Waals surface area contributed by atoms with E-state index < -0.39 is 11.4 Å². The predicted octanol–water partition coefficient (Wildman–Crippen LogP) is -0.932. The average molecular weight is 394 g/mol. The number of hydrogen-bond donors (Lipinski definition) is 1. The molecule has 1 radical (unpaired) electrons. The zero-order valence-electron chi connectivity index (χ0n) is 14.3. The van der Waals surface area contributed by atoms with Crippen molar-refractivity contribution in [3.8, 4) is 0 Å². The maximum atomic E-state index is 10.0. The molecule has 0 heterocycles. The van der Waals surface area contributed by atoms with Crippen molar-refractivity contribution in [1.29, 1.82) is 0 Å². The van der Waals surface area contributed by atoms with E-state index in [1.54, 1.807) is 43.1 Å². The third kappa shape index (κ3) is 6.86. The summed E-state index contributed by atoms with van der Waals surface area (Å²) in [5.74, 6) is -0.757. The van der Waals surface area contributed by atoms with Gasteiger partial charge in [-0.25, -0.2) is 12.0 Å². The van der Waals surface area contributed by atoms with Crippen LogP contribution in [0.1, 0.15) is 72.1 Å². The summed E-state index contributed by atoms with van der Waals surface area (Å²) in [6.45, 7) is 4.99. The van der Waals surface area contributed by atoms with Gasteiger partial charge in [-0.1, -0.05) is 24.8 Å². The molecule has 0 aromatic carbocycles. The Hall–Kier alpha value is 0.114. The van der Waals surface area contributed by atoms with E-state index in [2.05, 4.69) is 6.42 Å². The molecular weight excluding hydrogens is 367 g/mol. The third-order valence-corrected chi connectivity index (χ3v) is 4.40. The maximum Gasteiger partial charge on any atom is 3.00 e. The van der Waals surface area contributed by atoms with E-state index in [4.69, 9.17) is 5.11 Å². The van der Waals surface area contributed by atoms with Crippen LogP contribution in [0.15, 0.2) is 22.3 Å². The molecule has 5 heteroatoms. The Morgan fingerprint density at radius 2 is 1.52 bits per heavy atom. The number of aliphatic carboxylic acids is 1. The van der Waals surface area contributed by atoms with E-state index in [1.165, 1.54) is 51.4 Å². The van der Waals surface area contributed by atoms with Crippen LogP contribution in [0.25, 0.3) is 0 Å². The van der Waals surface area contributed by atoms with Gasteiger partial charge in [-0.05, 0) is 46.5 Å². The molecule has 3 aliphatic carbocycles. The van der Waals surface area contributed by atoms with E-state index in [-0.39, 0.29) is 46.5 Å². The number of allylic oxidation sites excluding steroid dienone is 4. The smallest absolute Gasteiger partial charge is 1.00 e. The average Bonchev–Trinajstić information content (AvgIpc) is 2.77. The van der Waals surface area contributed by atoms with Crippen LogP contribution >= 0.6 is 0 Å². The predicted molar refractivity (Wildman–Crippen MR) is 82.4 cm³/mol. The topological polar surface area (TPSA) is 37.3 Å². The van der Waals surface area contributed by atoms with Gasteiger partial charge >= 0.3 is 27.7 Å². The molecule has 23 heavy (non-hydrogen) atoms. The number of carboxylic acids is 1. The molecule has 0 saturated heterocycles. The van der Waals surface area contributed by atoms with Crippen molar-refractivity contribution in [2.24, 2.45) is 5.41 Å². The number of fused-ring (bicyclic) bond motifs is 1. The van der Waals surface area contributed by atoms with Crippen LogP contribution in [0, 0.1) is 11.8 Å². The fraction of sp³-hybridized carbons (Fsp3) is 0.667. The summed E-state index contributed by atoms with van der Waals surface area (Å²) < 4.78 is 0. The molecule has 0 fully saturated rings. The fourth-order valence-electron chi connectivity index (χ4n) is 3.12. The molecule has 129 valence electrons. The summed E-state index contributed by atoms with van der Waals surface area (Å²) in [5.41, 5.74) is 6.48. The minimum atomic E-state index is -0.757. The fourth-order valence-corrected chi connectivity index (χ4v) is 3.12. The summed E-state index contributed by atoms with van der Waals surface area (Å²) in [6, 6.07) is 0. The second-order valence-corrected chi connectivity index (χ2v) is 7.12. The molecule has 3 aliphatic rings. The first-order chi connectivity index (χ1) is 9.39. The van der Waals surface area contributed by atoms with Crippen LogP contribution in [-0.2, 0) is 26.5 Å². The molecule has 0 spiro atoms. The van der Waals surface area contributed by atoms with Crippen LogP contribution in [0.4, 0.5) is 0 Å². The Kier molecular flexibility index (Phi) is 12.0. The van der Waals surface area contributed by atoms with E-state index in [1.807, 2.05) is 0 Å². The van der Waals surface area contributed by atoms with Gasteiger partial charge in [-0.3, -0.25) is 4.79 Å². The second-order valence-electron chi connectivity index (χ2n) is 7.12. The Morgan fingerprint density at radius 3 is 2.09 bits per heavy atom. The van der Waals surface area contributed by atoms with E-state index in [0.717, 1.165) is 0 Å². The third-order valence-electron chi connectivity index (χ3n) is 4.40. The minimum Gasteiger partial charge on any atom is -1.00 e. The normalized spacial score (nSPS) is 18.7. The Bertz CT molecular complexity index is 432. The molecule has 0 saturated carbocycles. The number of carbonyl (C=O) groups is 1. The van der Waals surface area contributed by atoms with Crippen molar-refractivity contribution in [3.05, 3.63) is 28.7 Å². The van der Waals surface area contributed by atoms with Gasteiger partial charge in [0.15, 0.2) is 0 Å². The molecule has 0 atom stereocenters. The van der Waals surface area contributed by atoms with E-state index in [0.29, 0.717) is 0 Å². The largest absolute Gasteiger partial charge is 3.00 e. The number of carboxylic acid groups (broad SMARTS) is 1. The van der Waals surface area contributed by atoms with Gasteiger partial charge < -0.3 is 29.9 Å². The molecule has 0 bridgehead atoms. The van der Waals surface area contributed by atoms with Crippen molar-refractivity contribution in [2.45, 2.75) is 72.1 Å². The quantitative estimate of drug-likeness (QED) is 0.426. The first-order valence-corrected chi connectivity index (χ1v) is 7.89. The van der Waals surface area contributed by atoms with E-state index >= 15 is 0 Å². The molecule has 2 nitrogen and oxygen atoms in total. The van der Waals surface area contributed by atoms with Gasteiger partial charge in [0.1, 0.15) is 0 Å². The summed E-state index contributed by atoms with van der Waals surface area (Å²) >= 11 is 0. The van der Waals surface area contributed by atoms with E-state index in [9.17, 15) is 4.79 Å². The van der Waals surface area contributed by atoms with Crippen LogP contribution in [0.5, 0.6) is 0 Å². The van der Waals surface area contributed by atoms with Gasteiger partial charge in [0.05, 0.1) is 5.41 Å². The van der Waals surface area contributed by atoms with Gasteiger partial charge in [0, 0.05) is 0 Å². The summed E-state index contributed by atoms with van der Waals surface area (Å²) in [5, 5.41) is 8.25. The van der Waals surface area contributed by atoms with Gasteiger partial charge in [-0.2, -0.15) is 5.57 Å². The van der Waals surface area contributed by atoms with Crippen molar-refractivity contribution < 1.29 is 56.4 Å². The minimum absolute atomic E-state index is 0. The molecule has 0 unspecified atom stereocenters. The Labute approximate surface area is 168 Å². The zero-order valence-corrected chi connectivity index (χ0v) is 17.4. The monoisotopic (exact) mass is 393 g/mol. The van der Waals surface area contributed by atoms with Crippen molar-refractivity contribution >= 4 is 5.97 Å². The van der Waals surface area contributed by atoms with Crippen molar-refractivity contribution in [3.63, 3.8) is 0 Å². The van der Waals surface area contributed by atoms with Crippen molar-refractivity contribution in [1.82, 2.24) is 0 Å². The van der Waals surface area contributed by atoms with Gasteiger partial charge in [-0.15, -0.1) is 12.0 Å². The van der Waals surface area contributed by atoms with Crippen LogP contribution in [0.2, 0.25) is 0 Å². The SMILES string of the molecule is CC(C)(C)C(=O)O.[CH-]1CCCC2=C1CC1=C2CCCC1.[Cl-].[Cl-].[Ti+3]. The molecule has 0 aromatic rings. The molecule has 3 rings (SSSR count). The standard InChI is InChI=1S/C13H17.C5H10O2.2ClH.Ti/c1-3-7-12-10(5-1)9-11-6-2-4-8-13(11)12;1-5(2,3)4(6)7;;;/h5H,1-4,6-9H2;1-3H3,(H,6,7);2*1H;/q-1;;;;+3/p-2. The van der Waals surface area contributed by atoms with Crippen LogP contribution in [-0.4, -0.2) is 11.1 Å². The maximum absolute atomic E-state index is 10.0. The summed E-state index contributed by atoms with van der Waals surface area (Å²) in [6.07, 6.45) is 13.6. The van der Waals surface area contributed by atoms with Crippen molar-refractivity contribution in [2.75, 3.05) is 0 Å². The first kappa shape index (κ1) is 25.4. The molecule has 0 aliphatic heterocycles. The van der Waals surface area contributed by atoms with Gasteiger partial charge in [0.25, 0.3) is 0 Å². The Balaban J connectivity index is 0. The molecule has 1 N–H and O–H groups in total. The first-order valence-electron chi connectivity index (χ1n) is 7.89. The molecule has 0 aromatic heterocycles. The van der Waals surface area contributed by atoms with Gasteiger partial charge in [0.2, 0.25) is 0 Å². The number of hydrogen-bond acceptors (Lipinski definition) is 1. The molecular formula is C18H27Cl2O2Ti. The second kappa shape index (κ2) is 10.9. The van der Waals surface area contributed by atoms with Crippen LogP contribution in [0.3, 0.4) is 0 Å². The molecule has 0 amide bonds. The zero-order chi connectivity index (χ0) is 14.8. The number of rotatable bonds is 0. The Morgan fingerprint density at radius 1 is 1.00 bits per heavy atom. The van der Waals surface area contributed by atoms with Crippen LogP contribution < -0.4 is 24.8 Å². The number of halogens is 2.